The van der Waals surface area contributed by atoms with Gasteiger partial charge in [0.05, 0.1) is 0 Å². The van der Waals surface area contributed by atoms with Crippen LogP contribution in [0.5, 0.6) is 0 Å². The highest BCUT2D eigenvalue weighted by molar-refractivity contribution is 5.45. The van der Waals surface area contributed by atoms with E-state index in [1.165, 1.54) is 76.6 Å². The Hall–Kier alpha value is -3.12. The van der Waals surface area contributed by atoms with Crippen LogP contribution in [0, 0.1) is 27.7 Å². The Morgan fingerprint density at radius 2 is 0.564 bits per heavy atom. The van der Waals surface area contributed by atoms with Crippen LogP contribution in [0.3, 0.4) is 0 Å². The summed E-state index contributed by atoms with van der Waals surface area (Å²) in [5.74, 6) is 0. The Morgan fingerprint density at radius 1 is 0.333 bits per heavy atom. The largest absolute Gasteiger partial charge is 0.0590 e. The highest BCUT2D eigenvalue weighted by atomic mass is 14.6. The van der Waals surface area contributed by atoms with Crippen molar-refractivity contribution in [3.63, 3.8) is 0 Å². The van der Waals surface area contributed by atoms with Crippen molar-refractivity contribution < 1.29 is 0 Å². The van der Waals surface area contributed by atoms with Crippen LogP contribution in [0.2, 0.25) is 0 Å². The van der Waals surface area contributed by atoms with Gasteiger partial charge in [0, 0.05) is 0 Å². The van der Waals surface area contributed by atoms with E-state index < -0.39 is 0 Å². The lowest BCUT2D eigenvalue weighted by Crippen LogP contribution is -2.59. The zero-order chi connectivity index (χ0) is 27.5. The van der Waals surface area contributed by atoms with Crippen LogP contribution >= 0.6 is 0 Å². The molecule has 0 atom stereocenters. The monoisotopic (exact) mass is 512 g/mol. The number of benzene rings is 4. The van der Waals surface area contributed by atoms with Gasteiger partial charge in [-0.25, -0.2) is 0 Å². The van der Waals surface area contributed by atoms with E-state index in [1.54, 1.807) is 0 Å². The van der Waals surface area contributed by atoms with E-state index >= 15 is 0 Å². The molecule has 2 aliphatic rings. The van der Waals surface area contributed by atoms with Crippen LogP contribution in [0.1, 0.15) is 90.5 Å². The van der Waals surface area contributed by atoms with Gasteiger partial charge in [0.25, 0.3) is 0 Å². The lowest BCUT2D eigenvalue weighted by atomic mass is 9.40. The van der Waals surface area contributed by atoms with Gasteiger partial charge in [-0.15, -0.1) is 0 Å². The van der Waals surface area contributed by atoms with Crippen LogP contribution in [0.15, 0.2) is 97.1 Å². The van der Waals surface area contributed by atoms with E-state index in [-0.39, 0.29) is 21.7 Å². The molecule has 0 radical (unpaired) electrons. The van der Waals surface area contributed by atoms with Crippen LogP contribution in [0.4, 0.5) is 0 Å². The fourth-order valence-corrected chi connectivity index (χ4v) is 8.88. The van der Waals surface area contributed by atoms with E-state index in [0.717, 1.165) is 0 Å². The van der Waals surface area contributed by atoms with Gasteiger partial charge in [0.15, 0.2) is 0 Å². The zero-order valence-corrected chi connectivity index (χ0v) is 24.8. The van der Waals surface area contributed by atoms with Gasteiger partial charge in [-0.1, -0.05) is 133 Å². The third kappa shape index (κ3) is 4.57. The minimum atomic E-state index is 0.0916. The molecule has 0 nitrogen and oxygen atoms in total. The van der Waals surface area contributed by atoms with Gasteiger partial charge in [-0.3, -0.25) is 0 Å². The van der Waals surface area contributed by atoms with Crippen LogP contribution < -0.4 is 0 Å². The molecule has 0 N–H and O–H groups in total. The summed E-state index contributed by atoms with van der Waals surface area (Å²) in [6.07, 6.45) is 5.94. The molecule has 2 fully saturated rings. The average Bonchev–Trinajstić information content (AvgIpc) is 2.89. The van der Waals surface area contributed by atoms with Gasteiger partial charge < -0.3 is 0 Å². The minimum absolute atomic E-state index is 0.0916. The Balaban J connectivity index is 1.60. The summed E-state index contributed by atoms with van der Waals surface area (Å²) < 4.78 is 0. The summed E-state index contributed by atoms with van der Waals surface area (Å²) >= 11 is 0. The van der Waals surface area contributed by atoms with Crippen LogP contribution in [-0.2, 0) is 21.7 Å². The zero-order valence-electron chi connectivity index (χ0n) is 24.8. The van der Waals surface area contributed by atoms with Crippen molar-refractivity contribution >= 4 is 0 Å². The van der Waals surface area contributed by atoms with Crippen molar-refractivity contribution in [2.45, 2.75) is 95.3 Å². The van der Waals surface area contributed by atoms with Gasteiger partial charge in [0.2, 0.25) is 0 Å². The second-order valence-electron chi connectivity index (χ2n) is 14.0. The van der Waals surface area contributed by atoms with Gasteiger partial charge >= 0.3 is 0 Å². The summed E-state index contributed by atoms with van der Waals surface area (Å²) in [7, 11) is 0. The molecule has 0 heteroatoms. The molecule has 200 valence electrons. The molecule has 0 heterocycles. The van der Waals surface area contributed by atoms with Gasteiger partial charge in [-0.2, -0.15) is 0 Å². The quantitative estimate of drug-likeness (QED) is 0.255. The van der Waals surface area contributed by atoms with Crippen molar-refractivity contribution in [3.8, 4) is 0 Å². The summed E-state index contributed by atoms with van der Waals surface area (Å²) in [5.41, 5.74) is 11.8. The molecule has 39 heavy (non-hydrogen) atoms. The minimum Gasteiger partial charge on any atom is -0.0590 e. The third-order valence-electron chi connectivity index (χ3n) is 10.4. The molecule has 2 saturated carbocycles. The molecule has 0 aliphatic heterocycles. The maximum Gasteiger partial charge on any atom is -0.00218 e. The van der Waals surface area contributed by atoms with E-state index in [1.807, 2.05) is 0 Å². The molecular weight excluding hydrogens is 468 g/mol. The number of hydrogen-bond acceptors (Lipinski definition) is 0. The molecule has 0 unspecified atom stereocenters. The standard InChI is InChI=1S/C39H44/c1-28-7-15-32(16-8-28)36(5)23-38(34-19-11-30(3)12-20-34)25-37(6,33-17-9-29(2)10-18-33)26-39(24-36,27-38)35-21-13-31(4)14-22-35/h7-22H,23-27H2,1-6H3. The first-order valence-electron chi connectivity index (χ1n) is 14.8. The SMILES string of the molecule is Cc1ccc(C2(C)CC3(c4ccc(C)cc4)CC(C)(c4ccc(C)cc4)CC(c4ccc(C)cc4)(C2)C3)cc1. The second kappa shape index (κ2) is 9.22. The number of rotatable bonds is 4. The summed E-state index contributed by atoms with van der Waals surface area (Å²) in [6, 6.07) is 38.1. The molecule has 0 amide bonds. The molecular formula is C39H44. The van der Waals surface area contributed by atoms with Crippen LogP contribution in [-0.4, -0.2) is 0 Å². The molecule has 2 bridgehead atoms. The molecule has 0 aromatic heterocycles. The van der Waals surface area contributed by atoms with Crippen molar-refractivity contribution in [2.75, 3.05) is 0 Å². The number of hydrogen-bond donors (Lipinski definition) is 0. The fraction of sp³-hybridized carbons (Fsp3) is 0.385. The number of fused-ring (bicyclic) bond motifs is 2. The summed E-state index contributed by atoms with van der Waals surface area (Å²) in [6.45, 7) is 14.0. The molecule has 2 aliphatic carbocycles. The second-order valence-corrected chi connectivity index (χ2v) is 14.0. The molecule has 4 aromatic carbocycles. The molecule has 0 saturated heterocycles. The first-order chi connectivity index (χ1) is 18.5. The van der Waals surface area contributed by atoms with Crippen molar-refractivity contribution in [2.24, 2.45) is 0 Å². The van der Waals surface area contributed by atoms with Crippen LogP contribution in [0.25, 0.3) is 0 Å². The van der Waals surface area contributed by atoms with Crippen molar-refractivity contribution in [1.29, 1.82) is 0 Å². The highest BCUT2D eigenvalue weighted by Gasteiger charge is 2.61. The maximum absolute atomic E-state index is 2.57. The van der Waals surface area contributed by atoms with Gasteiger partial charge in [-0.05, 0) is 104 Å². The first kappa shape index (κ1) is 26.1. The van der Waals surface area contributed by atoms with E-state index in [0.29, 0.717) is 0 Å². The first-order valence-corrected chi connectivity index (χ1v) is 14.8. The lowest BCUT2D eigenvalue weighted by Gasteiger charge is -2.64. The Kier molecular flexibility index (Phi) is 6.18. The van der Waals surface area contributed by atoms with E-state index in [2.05, 4.69) is 139 Å². The summed E-state index contributed by atoms with van der Waals surface area (Å²) in [5, 5.41) is 0. The van der Waals surface area contributed by atoms with Gasteiger partial charge in [0.1, 0.15) is 0 Å². The molecule has 6 rings (SSSR count). The third-order valence-corrected chi connectivity index (χ3v) is 10.4. The Labute approximate surface area is 236 Å². The lowest BCUT2D eigenvalue weighted by molar-refractivity contribution is 0.0166. The topological polar surface area (TPSA) is 0 Å². The predicted octanol–water partition coefficient (Wildman–Crippen LogP) is 9.99. The molecule has 0 spiro atoms. The normalized spacial score (nSPS) is 30.2. The van der Waals surface area contributed by atoms with Crippen molar-refractivity contribution in [3.05, 3.63) is 142 Å². The predicted molar refractivity (Wildman–Crippen MR) is 166 cm³/mol. The number of aryl methyl sites for hydroxylation is 4. The van der Waals surface area contributed by atoms with E-state index in [4.69, 9.17) is 0 Å². The smallest absolute Gasteiger partial charge is 0.00218 e. The van der Waals surface area contributed by atoms with Crippen molar-refractivity contribution in [1.82, 2.24) is 0 Å². The Bertz CT molecular complexity index is 1310. The molecule has 4 aromatic rings. The fourth-order valence-electron chi connectivity index (χ4n) is 8.88. The average molecular weight is 513 g/mol. The van der Waals surface area contributed by atoms with E-state index in [9.17, 15) is 0 Å². The summed E-state index contributed by atoms with van der Waals surface area (Å²) in [4.78, 5) is 0. The maximum atomic E-state index is 2.57. The highest BCUT2D eigenvalue weighted by Crippen LogP contribution is 2.67. The Morgan fingerprint density at radius 3 is 0.821 bits per heavy atom.